The number of fused-ring (bicyclic) bond motifs is 3. The highest BCUT2D eigenvalue weighted by Crippen LogP contribution is 2.44. The van der Waals surface area contributed by atoms with E-state index < -0.39 is 29.6 Å². The molecule has 160 valence electrons. The van der Waals surface area contributed by atoms with E-state index in [0.29, 0.717) is 12.8 Å². The number of rotatable bonds is 8. The van der Waals surface area contributed by atoms with Crippen molar-refractivity contribution in [1.29, 1.82) is 0 Å². The number of hydrogen-bond acceptors (Lipinski definition) is 4. The van der Waals surface area contributed by atoms with Gasteiger partial charge in [-0.25, -0.2) is 9.59 Å². The molecular weight excluding hydrogens is 396 g/mol. The summed E-state index contributed by atoms with van der Waals surface area (Å²) in [7, 11) is 0. The Morgan fingerprint density at radius 2 is 1.68 bits per heavy atom. The summed E-state index contributed by atoms with van der Waals surface area (Å²) in [5, 5.41) is 14.3. The van der Waals surface area contributed by atoms with Crippen LogP contribution in [-0.4, -0.2) is 41.3 Å². The van der Waals surface area contributed by atoms with Gasteiger partial charge < -0.3 is 20.5 Å². The second-order valence-corrected chi connectivity index (χ2v) is 7.92. The summed E-state index contributed by atoms with van der Waals surface area (Å²) in [6.45, 7) is 3.73. The largest absolute Gasteiger partial charge is 0.480 e. The predicted octanol–water partition coefficient (Wildman–Crippen LogP) is 3.20. The monoisotopic (exact) mass is 420 g/mol. The van der Waals surface area contributed by atoms with Crippen molar-refractivity contribution in [1.82, 2.24) is 10.6 Å². The minimum atomic E-state index is -1.22. The Bertz CT molecular complexity index is 998. The summed E-state index contributed by atoms with van der Waals surface area (Å²) >= 11 is 0. The molecule has 0 radical (unpaired) electrons. The highest BCUT2D eigenvalue weighted by atomic mass is 16.5. The lowest BCUT2D eigenvalue weighted by atomic mass is 9.98. The summed E-state index contributed by atoms with van der Waals surface area (Å²) < 4.78 is 5.48. The minimum Gasteiger partial charge on any atom is -0.480 e. The van der Waals surface area contributed by atoms with Crippen LogP contribution in [0.15, 0.2) is 61.2 Å². The number of hydrogen-bond donors (Lipinski definition) is 3. The molecule has 2 aliphatic carbocycles. The van der Waals surface area contributed by atoms with Gasteiger partial charge in [-0.05, 0) is 41.5 Å². The zero-order valence-electron chi connectivity index (χ0n) is 17.0. The standard InChI is InChI=1S/C24H24N2O5/c1-2-7-20(21(27)26-24(12-13-24)22(28)29)25-23(30)31-14-19-17-10-5-3-8-15(17)16-9-4-6-11-18(16)19/h2-6,8-11,19-20H,1,7,12-14H2,(H,25,30)(H,26,27)(H,28,29). The molecule has 1 atom stereocenters. The number of carbonyl (C=O) groups is 3. The van der Waals surface area contributed by atoms with E-state index >= 15 is 0 Å². The number of ether oxygens (including phenoxy) is 1. The summed E-state index contributed by atoms with van der Waals surface area (Å²) in [6, 6.07) is 15.1. The SMILES string of the molecule is C=CCC(NC(=O)OCC1c2ccccc2-c2ccccc21)C(=O)NC1(C(=O)O)CC1. The van der Waals surface area contributed by atoms with Crippen molar-refractivity contribution in [2.75, 3.05) is 6.61 Å². The average molecular weight is 420 g/mol. The molecule has 0 spiro atoms. The summed E-state index contributed by atoms with van der Waals surface area (Å²) in [5.41, 5.74) is 3.21. The Balaban J connectivity index is 1.41. The van der Waals surface area contributed by atoms with Gasteiger partial charge in [0.05, 0.1) is 0 Å². The Morgan fingerprint density at radius 1 is 1.10 bits per heavy atom. The molecule has 4 rings (SSSR count). The molecule has 1 saturated carbocycles. The van der Waals surface area contributed by atoms with Crippen LogP contribution in [0.25, 0.3) is 11.1 Å². The van der Waals surface area contributed by atoms with Crippen molar-refractivity contribution in [3.8, 4) is 11.1 Å². The molecule has 7 nitrogen and oxygen atoms in total. The molecule has 0 aromatic heterocycles. The Kier molecular flexibility index (Phi) is 5.50. The number of carboxylic acids is 1. The Labute approximate surface area is 180 Å². The average Bonchev–Trinajstić information content (AvgIpc) is 3.48. The van der Waals surface area contributed by atoms with Gasteiger partial charge >= 0.3 is 12.1 Å². The van der Waals surface area contributed by atoms with Crippen LogP contribution in [-0.2, 0) is 14.3 Å². The van der Waals surface area contributed by atoms with Gasteiger partial charge in [-0.3, -0.25) is 4.79 Å². The van der Waals surface area contributed by atoms with Gasteiger partial charge in [0, 0.05) is 5.92 Å². The summed E-state index contributed by atoms with van der Waals surface area (Å²) in [4.78, 5) is 36.3. The predicted molar refractivity (Wildman–Crippen MR) is 115 cm³/mol. The molecule has 3 N–H and O–H groups in total. The second-order valence-electron chi connectivity index (χ2n) is 7.92. The molecule has 0 bridgehead atoms. The van der Waals surface area contributed by atoms with Crippen molar-refractivity contribution in [2.24, 2.45) is 0 Å². The van der Waals surface area contributed by atoms with Gasteiger partial charge in [0.15, 0.2) is 0 Å². The fourth-order valence-corrected chi connectivity index (χ4v) is 4.02. The lowest BCUT2D eigenvalue weighted by molar-refractivity contribution is -0.143. The van der Waals surface area contributed by atoms with Crippen molar-refractivity contribution < 1.29 is 24.2 Å². The molecule has 0 saturated heterocycles. The van der Waals surface area contributed by atoms with Crippen LogP contribution in [0.1, 0.15) is 36.3 Å². The van der Waals surface area contributed by atoms with Crippen LogP contribution in [0.5, 0.6) is 0 Å². The normalized spacial score (nSPS) is 16.4. The lowest BCUT2D eigenvalue weighted by Gasteiger charge is -2.21. The fourth-order valence-electron chi connectivity index (χ4n) is 4.02. The maximum Gasteiger partial charge on any atom is 0.407 e. The van der Waals surface area contributed by atoms with Crippen LogP contribution in [0.4, 0.5) is 4.79 Å². The lowest BCUT2D eigenvalue weighted by Crippen LogP contribution is -2.52. The molecule has 2 amide bonds. The van der Waals surface area contributed by atoms with Crippen molar-refractivity contribution >= 4 is 18.0 Å². The third-order valence-corrected chi connectivity index (χ3v) is 5.88. The number of alkyl carbamates (subject to hydrolysis) is 1. The number of aliphatic carboxylic acids is 1. The summed E-state index contributed by atoms with van der Waals surface area (Å²) in [6.07, 6.45) is 1.67. The van der Waals surface area contributed by atoms with Crippen LogP contribution in [0.3, 0.4) is 0 Å². The first-order valence-corrected chi connectivity index (χ1v) is 10.2. The van der Waals surface area contributed by atoms with E-state index in [9.17, 15) is 19.5 Å². The smallest absolute Gasteiger partial charge is 0.407 e. The topological polar surface area (TPSA) is 105 Å². The molecule has 1 unspecified atom stereocenters. The van der Waals surface area contributed by atoms with Gasteiger partial charge in [-0.15, -0.1) is 6.58 Å². The Hall–Kier alpha value is -3.61. The van der Waals surface area contributed by atoms with E-state index in [1.807, 2.05) is 36.4 Å². The van der Waals surface area contributed by atoms with E-state index in [1.54, 1.807) is 0 Å². The van der Waals surface area contributed by atoms with Crippen LogP contribution in [0, 0.1) is 0 Å². The molecule has 7 heteroatoms. The zero-order chi connectivity index (χ0) is 22.0. The van der Waals surface area contributed by atoms with Crippen molar-refractivity contribution in [2.45, 2.75) is 36.8 Å². The second kappa shape index (κ2) is 8.26. The quantitative estimate of drug-likeness (QED) is 0.569. The number of benzene rings is 2. The van der Waals surface area contributed by atoms with Gasteiger partial charge in [0.1, 0.15) is 18.2 Å². The van der Waals surface area contributed by atoms with Crippen LogP contribution in [0.2, 0.25) is 0 Å². The van der Waals surface area contributed by atoms with E-state index in [1.165, 1.54) is 6.08 Å². The third kappa shape index (κ3) is 4.03. The molecule has 2 aromatic carbocycles. The van der Waals surface area contributed by atoms with Gasteiger partial charge in [-0.1, -0.05) is 54.6 Å². The van der Waals surface area contributed by atoms with Crippen LogP contribution >= 0.6 is 0 Å². The number of amides is 2. The highest BCUT2D eigenvalue weighted by molar-refractivity contribution is 5.93. The van der Waals surface area contributed by atoms with Crippen molar-refractivity contribution in [3.05, 3.63) is 72.3 Å². The molecule has 2 aromatic rings. The first kappa shape index (κ1) is 20.7. The van der Waals surface area contributed by atoms with E-state index in [0.717, 1.165) is 22.3 Å². The molecular formula is C24H24N2O5. The van der Waals surface area contributed by atoms with E-state index in [2.05, 4.69) is 29.3 Å². The maximum atomic E-state index is 12.5. The number of carboxylic acid groups (broad SMARTS) is 1. The molecule has 2 aliphatic rings. The maximum absolute atomic E-state index is 12.5. The number of nitrogens with one attached hydrogen (secondary N) is 2. The molecule has 0 aliphatic heterocycles. The minimum absolute atomic E-state index is 0.0911. The third-order valence-electron chi connectivity index (χ3n) is 5.88. The first-order valence-electron chi connectivity index (χ1n) is 10.2. The molecule has 1 fully saturated rings. The van der Waals surface area contributed by atoms with Crippen LogP contribution < -0.4 is 10.6 Å². The first-order chi connectivity index (χ1) is 14.9. The molecule has 31 heavy (non-hydrogen) atoms. The van der Waals surface area contributed by atoms with E-state index in [4.69, 9.17) is 4.74 Å². The van der Waals surface area contributed by atoms with Gasteiger partial charge in [-0.2, -0.15) is 0 Å². The molecule has 0 heterocycles. The van der Waals surface area contributed by atoms with Gasteiger partial charge in [0.25, 0.3) is 0 Å². The van der Waals surface area contributed by atoms with Crippen molar-refractivity contribution in [3.63, 3.8) is 0 Å². The van der Waals surface area contributed by atoms with E-state index in [-0.39, 0.29) is 18.9 Å². The Morgan fingerprint density at radius 3 is 2.19 bits per heavy atom. The van der Waals surface area contributed by atoms with Gasteiger partial charge in [0.2, 0.25) is 5.91 Å². The highest BCUT2D eigenvalue weighted by Gasteiger charge is 2.52. The number of carbonyl (C=O) groups excluding carboxylic acids is 2. The summed E-state index contributed by atoms with van der Waals surface area (Å²) in [5.74, 6) is -1.72. The fraction of sp³-hybridized carbons (Fsp3) is 0.292. The zero-order valence-corrected chi connectivity index (χ0v) is 17.0.